The van der Waals surface area contributed by atoms with E-state index in [9.17, 15) is 4.39 Å². The number of benzene rings is 2. The maximum atomic E-state index is 14.1. The van der Waals surface area contributed by atoms with Crippen molar-refractivity contribution in [2.24, 2.45) is 5.73 Å². The molecule has 1 nitrogen and oxygen atoms in total. The zero-order chi connectivity index (χ0) is 14.5. The third kappa shape index (κ3) is 4.08. The first-order valence-corrected chi connectivity index (χ1v) is 8.17. The molecule has 2 aromatic carbocycles. The lowest BCUT2D eigenvalue weighted by Crippen LogP contribution is -2.21. The van der Waals surface area contributed by atoms with E-state index in [1.807, 2.05) is 43.3 Å². The van der Waals surface area contributed by atoms with Gasteiger partial charge in [0.15, 0.2) is 0 Å². The van der Waals surface area contributed by atoms with Crippen LogP contribution in [0.1, 0.15) is 18.9 Å². The normalized spacial score (nSPS) is 12.4. The van der Waals surface area contributed by atoms with Crippen molar-refractivity contribution in [3.8, 4) is 0 Å². The van der Waals surface area contributed by atoms with Crippen LogP contribution in [-0.4, -0.2) is 6.04 Å². The predicted molar refractivity (Wildman–Crippen MR) is 86.6 cm³/mol. The van der Waals surface area contributed by atoms with E-state index in [4.69, 9.17) is 5.73 Å². The summed E-state index contributed by atoms with van der Waals surface area (Å²) in [5.74, 6) is -0.188. The highest BCUT2D eigenvalue weighted by molar-refractivity contribution is 9.10. The topological polar surface area (TPSA) is 26.0 Å². The smallest absolute Gasteiger partial charge is 0.137 e. The van der Waals surface area contributed by atoms with Gasteiger partial charge in [0.05, 0.1) is 0 Å². The average Bonchev–Trinajstić information content (AvgIpc) is 2.44. The van der Waals surface area contributed by atoms with Crippen molar-refractivity contribution in [2.45, 2.75) is 35.6 Å². The van der Waals surface area contributed by atoms with Crippen LogP contribution < -0.4 is 5.73 Å². The molecule has 0 bridgehead atoms. The Morgan fingerprint density at radius 3 is 2.60 bits per heavy atom. The van der Waals surface area contributed by atoms with E-state index in [0.29, 0.717) is 11.3 Å². The summed E-state index contributed by atoms with van der Waals surface area (Å²) in [6, 6.07) is 13.3. The summed E-state index contributed by atoms with van der Waals surface area (Å²) in [6.45, 7) is 2.04. The molecule has 2 rings (SSSR count). The first kappa shape index (κ1) is 15.5. The second-order valence-electron chi connectivity index (χ2n) is 4.67. The van der Waals surface area contributed by atoms with Crippen molar-refractivity contribution in [2.75, 3.05) is 0 Å². The summed E-state index contributed by atoms with van der Waals surface area (Å²) >= 11 is 4.90. The molecule has 0 amide bonds. The Morgan fingerprint density at radius 1 is 1.20 bits per heavy atom. The van der Waals surface area contributed by atoms with Crippen molar-refractivity contribution in [3.05, 3.63) is 58.3 Å². The average molecular weight is 354 g/mol. The predicted octanol–water partition coefficient (Wildman–Crippen LogP) is 5.02. The lowest BCUT2D eigenvalue weighted by atomic mass is 10.0. The number of rotatable bonds is 5. The van der Waals surface area contributed by atoms with Crippen molar-refractivity contribution < 1.29 is 4.39 Å². The Bertz CT molecular complexity index is 588. The van der Waals surface area contributed by atoms with Crippen LogP contribution in [0.3, 0.4) is 0 Å². The minimum atomic E-state index is -0.188. The summed E-state index contributed by atoms with van der Waals surface area (Å²) in [5, 5.41) is 0. The second-order valence-corrected chi connectivity index (χ2v) is 6.61. The Morgan fingerprint density at radius 2 is 1.95 bits per heavy atom. The first-order valence-electron chi connectivity index (χ1n) is 6.56. The van der Waals surface area contributed by atoms with Crippen LogP contribution >= 0.6 is 27.7 Å². The van der Waals surface area contributed by atoms with Crippen LogP contribution in [0.15, 0.2) is 56.7 Å². The molecule has 1 unspecified atom stereocenters. The summed E-state index contributed by atoms with van der Waals surface area (Å²) in [7, 11) is 0. The molecule has 0 heterocycles. The van der Waals surface area contributed by atoms with Crippen molar-refractivity contribution >= 4 is 27.7 Å². The molecule has 106 valence electrons. The van der Waals surface area contributed by atoms with Crippen LogP contribution in [0.5, 0.6) is 0 Å². The largest absolute Gasteiger partial charge is 0.327 e. The first-order chi connectivity index (χ1) is 9.60. The lowest BCUT2D eigenvalue weighted by molar-refractivity contribution is 0.593. The minimum absolute atomic E-state index is 0.0937. The van der Waals surface area contributed by atoms with Gasteiger partial charge in [-0.2, -0.15) is 0 Å². The van der Waals surface area contributed by atoms with Gasteiger partial charge >= 0.3 is 0 Å². The number of nitrogens with two attached hydrogens (primary N) is 1. The van der Waals surface area contributed by atoms with E-state index in [1.165, 1.54) is 11.8 Å². The standard InChI is InChI=1S/C16H17BrFNS/c1-2-12(19)9-11-7-8-16(14(18)10-11)20-15-6-4-3-5-13(15)17/h3-8,10,12H,2,9,19H2,1H3. The Labute approximate surface area is 131 Å². The second kappa shape index (κ2) is 7.25. The summed E-state index contributed by atoms with van der Waals surface area (Å²) in [6.07, 6.45) is 1.61. The summed E-state index contributed by atoms with van der Waals surface area (Å²) in [4.78, 5) is 1.63. The molecule has 0 aromatic heterocycles. The van der Waals surface area contributed by atoms with Gasteiger partial charge in [0, 0.05) is 20.3 Å². The number of halogens is 2. The molecule has 0 saturated carbocycles. The maximum absolute atomic E-state index is 14.1. The highest BCUT2D eigenvalue weighted by Gasteiger charge is 2.09. The summed E-state index contributed by atoms with van der Waals surface area (Å²) < 4.78 is 15.1. The zero-order valence-corrected chi connectivity index (χ0v) is 13.7. The van der Waals surface area contributed by atoms with E-state index in [-0.39, 0.29) is 11.9 Å². The van der Waals surface area contributed by atoms with Gasteiger partial charge in [0.25, 0.3) is 0 Å². The van der Waals surface area contributed by atoms with Gasteiger partial charge in [0.2, 0.25) is 0 Å². The fraction of sp³-hybridized carbons (Fsp3) is 0.250. The van der Waals surface area contributed by atoms with Gasteiger partial charge in [-0.05, 0) is 58.6 Å². The van der Waals surface area contributed by atoms with Gasteiger partial charge in [-0.25, -0.2) is 4.39 Å². The Balaban J connectivity index is 2.16. The molecule has 4 heteroatoms. The minimum Gasteiger partial charge on any atom is -0.327 e. The molecule has 0 spiro atoms. The van der Waals surface area contributed by atoms with Crippen molar-refractivity contribution in [1.82, 2.24) is 0 Å². The van der Waals surface area contributed by atoms with Gasteiger partial charge in [-0.15, -0.1) is 0 Å². The molecule has 0 aliphatic heterocycles. The number of hydrogen-bond donors (Lipinski definition) is 1. The molecular formula is C16H17BrFNS. The monoisotopic (exact) mass is 353 g/mol. The maximum Gasteiger partial charge on any atom is 0.137 e. The van der Waals surface area contributed by atoms with E-state index in [1.54, 1.807) is 6.07 Å². The van der Waals surface area contributed by atoms with Crippen molar-refractivity contribution in [1.29, 1.82) is 0 Å². The molecule has 2 aromatic rings. The third-order valence-electron chi connectivity index (χ3n) is 3.08. The third-order valence-corrected chi connectivity index (χ3v) is 5.16. The molecule has 0 radical (unpaired) electrons. The molecule has 0 saturated heterocycles. The van der Waals surface area contributed by atoms with Gasteiger partial charge in [-0.1, -0.05) is 36.9 Å². The molecule has 0 aliphatic carbocycles. The quantitative estimate of drug-likeness (QED) is 0.816. The van der Waals surface area contributed by atoms with Crippen LogP contribution in [0.2, 0.25) is 0 Å². The van der Waals surface area contributed by atoms with E-state index in [0.717, 1.165) is 21.4 Å². The van der Waals surface area contributed by atoms with E-state index < -0.39 is 0 Å². The van der Waals surface area contributed by atoms with Crippen LogP contribution in [-0.2, 0) is 6.42 Å². The van der Waals surface area contributed by atoms with E-state index >= 15 is 0 Å². The molecule has 20 heavy (non-hydrogen) atoms. The van der Waals surface area contributed by atoms with Gasteiger partial charge in [-0.3, -0.25) is 0 Å². The van der Waals surface area contributed by atoms with Crippen LogP contribution in [0.4, 0.5) is 4.39 Å². The SMILES string of the molecule is CCC(N)Cc1ccc(Sc2ccccc2Br)c(F)c1. The highest BCUT2D eigenvalue weighted by Crippen LogP contribution is 2.34. The molecule has 0 fully saturated rings. The lowest BCUT2D eigenvalue weighted by Gasteiger charge is -2.10. The van der Waals surface area contributed by atoms with Gasteiger partial charge < -0.3 is 5.73 Å². The van der Waals surface area contributed by atoms with Crippen LogP contribution in [0.25, 0.3) is 0 Å². The zero-order valence-electron chi connectivity index (χ0n) is 11.3. The fourth-order valence-corrected chi connectivity index (χ4v) is 3.22. The van der Waals surface area contributed by atoms with Gasteiger partial charge in [0.1, 0.15) is 5.82 Å². The molecule has 2 N–H and O–H groups in total. The molecule has 1 atom stereocenters. The Kier molecular flexibility index (Phi) is 5.64. The fourth-order valence-electron chi connectivity index (χ4n) is 1.85. The van der Waals surface area contributed by atoms with Crippen LogP contribution in [0, 0.1) is 5.82 Å². The Hall–Kier alpha value is -0.840. The van der Waals surface area contributed by atoms with E-state index in [2.05, 4.69) is 15.9 Å². The molecular weight excluding hydrogens is 337 g/mol. The highest BCUT2D eigenvalue weighted by atomic mass is 79.9. The summed E-state index contributed by atoms with van der Waals surface area (Å²) in [5.41, 5.74) is 6.85. The number of hydrogen-bond acceptors (Lipinski definition) is 2. The van der Waals surface area contributed by atoms with Crippen molar-refractivity contribution in [3.63, 3.8) is 0 Å². The molecule has 0 aliphatic rings.